The highest BCUT2D eigenvalue weighted by molar-refractivity contribution is 5.45. The summed E-state index contributed by atoms with van der Waals surface area (Å²) in [5.41, 5.74) is 5.11. The summed E-state index contributed by atoms with van der Waals surface area (Å²) < 4.78 is 5.13. The molecule has 0 amide bonds. The highest BCUT2D eigenvalue weighted by Gasteiger charge is 2.09. The summed E-state index contributed by atoms with van der Waals surface area (Å²) >= 11 is 0. The van der Waals surface area contributed by atoms with E-state index in [4.69, 9.17) is 10.00 Å². The van der Waals surface area contributed by atoms with Gasteiger partial charge in [0.2, 0.25) is 0 Å². The van der Waals surface area contributed by atoms with Crippen LogP contribution >= 0.6 is 0 Å². The molecule has 1 fully saturated rings. The topological polar surface area (TPSA) is 48.3 Å². The minimum Gasteiger partial charge on any atom is -0.495 e. The monoisotopic (exact) mass is 245 g/mol. The Kier molecular flexibility index (Phi) is 4.57. The lowest BCUT2D eigenvalue weighted by atomic mass is 10.1. The van der Waals surface area contributed by atoms with E-state index in [9.17, 15) is 0 Å². The number of rotatable bonds is 4. The van der Waals surface area contributed by atoms with E-state index < -0.39 is 0 Å². The van der Waals surface area contributed by atoms with Gasteiger partial charge in [0.25, 0.3) is 0 Å². The number of methoxy groups -OCH3 is 1. The number of hydrogen-bond donors (Lipinski definition) is 1. The van der Waals surface area contributed by atoms with Crippen molar-refractivity contribution in [2.24, 2.45) is 0 Å². The van der Waals surface area contributed by atoms with Crippen molar-refractivity contribution in [2.75, 3.05) is 20.2 Å². The van der Waals surface area contributed by atoms with Gasteiger partial charge in [-0.2, -0.15) is 5.26 Å². The summed E-state index contributed by atoms with van der Waals surface area (Å²) in [4.78, 5) is 0. The standard InChI is InChI=1S/C14H19N3O/c1-18-14-6-5-12(9-13(14)10-15)11-16-17-7-3-2-4-8-17/h5-6,9,16H,2-4,7-8,11H2,1H3. The number of nitrogens with one attached hydrogen (secondary N) is 1. The Morgan fingerprint density at radius 3 is 2.78 bits per heavy atom. The predicted octanol–water partition coefficient (Wildman–Crippen LogP) is 2.06. The lowest BCUT2D eigenvalue weighted by Gasteiger charge is -2.27. The zero-order chi connectivity index (χ0) is 12.8. The van der Waals surface area contributed by atoms with Crippen LogP contribution in [0.4, 0.5) is 0 Å². The molecule has 1 heterocycles. The maximum atomic E-state index is 9.03. The molecule has 0 radical (unpaired) electrons. The van der Waals surface area contributed by atoms with Gasteiger partial charge in [0.05, 0.1) is 12.7 Å². The van der Waals surface area contributed by atoms with E-state index in [1.165, 1.54) is 19.3 Å². The molecule has 1 aliphatic heterocycles. The average molecular weight is 245 g/mol. The molecule has 4 heteroatoms. The van der Waals surface area contributed by atoms with Gasteiger partial charge < -0.3 is 4.74 Å². The molecule has 1 aromatic rings. The molecule has 0 unspecified atom stereocenters. The van der Waals surface area contributed by atoms with Gasteiger partial charge >= 0.3 is 0 Å². The van der Waals surface area contributed by atoms with Crippen molar-refractivity contribution in [1.29, 1.82) is 5.26 Å². The number of ether oxygens (including phenoxy) is 1. The van der Waals surface area contributed by atoms with E-state index in [1.54, 1.807) is 7.11 Å². The number of nitrogens with zero attached hydrogens (tertiary/aromatic N) is 2. The van der Waals surface area contributed by atoms with Crippen LogP contribution in [0.5, 0.6) is 5.75 Å². The predicted molar refractivity (Wildman–Crippen MR) is 70.0 cm³/mol. The first-order valence-electron chi connectivity index (χ1n) is 6.39. The fraction of sp³-hybridized carbons (Fsp3) is 0.500. The van der Waals surface area contributed by atoms with Crippen molar-refractivity contribution in [3.8, 4) is 11.8 Å². The van der Waals surface area contributed by atoms with E-state index in [1.807, 2.05) is 18.2 Å². The van der Waals surface area contributed by atoms with Crippen LogP contribution in [0.25, 0.3) is 0 Å². The molecule has 2 rings (SSSR count). The van der Waals surface area contributed by atoms with Crippen LogP contribution in [0.2, 0.25) is 0 Å². The van der Waals surface area contributed by atoms with Crippen molar-refractivity contribution < 1.29 is 4.74 Å². The van der Waals surface area contributed by atoms with Crippen molar-refractivity contribution in [3.63, 3.8) is 0 Å². The van der Waals surface area contributed by atoms with Gasteiger partial charge in [-0.15, -0.1) is 0 Å². The molecule has 0 atom stereocenters. The maximum Gasteiger partial charge on any atom is 0.136 e. The van der Waals surface area contributed by atoms with Crippen LogP contribution in [0, 0.1) is 11.3 Å². The second-order valence-corrected chi connectivity index (χ2v) is 4.53. The van der Waals surface area contributed by atoms with E-state index in [2.05, 4.69) is 16.5 Å². The van der Waals surface area contributed by atoms with Crippen LogP contribution in [-0.4, -0.2) is 25.2 Å². The molecule has 0 aliphatic carbocycles. The summed E-state index contributed by atoms with van der Waals surface area (Å²) in [6.07, 6.45) is 3.86. The van der Waals surface area contributed by atoms with E-state index in [0.717, 1.165) is 25.2 Å². The molecule has 1 N–H and O–H groups in total. The minimum absolute atomic E-state index is 0.593. The van der Waals surface area contributed by atoms with Crippen LogP contribution in [0.1, 0.15) is 30.4 Å². The Morgan fingerprint density at radius 1 is 1.33 bits per heavy atom. The molecular formula is C14H19N3O. The Hall–Kier alpha value is -1.57. The van der Waals surface area contributed by atoms with Crippen molar-refractivity contribution in [3.05, 3.63) is 29.3 Å². The molecule has 0 spiro atoms. The van der Waals surface area contributed by atoms with Crippen LogP contribution in [-0.2, 0) is 6.54 Å². The first-order valence-corrected chi connectivity index (χ1v) is 6.39. The molecule has 0 bridgehead atoms. The van der Waals surface area contributed by atoms with E-state index >= 15 is 0 Å². The van der Waals surface area contributed by atoms with E-state index in [0.29, 0.717) is 11.3 Å². The number of piperidine rings is 1. The first-order chi connectivity index (χ1) is 8.83. The van der Waals surface area contributed by atoms with Gasteiger partial charge in [-0.05, 0) is 30.5 Å². The number of benzene rings is 1. The molecule has 0 aromatic heterocycles. The highest BCUT2D eigenvalue weighted by Crippen LogP contribution is 2.18. The summed E-state index contributed by atoms with van der Waals surface area (Å²) in [7, 11) is 1.59. The summed E-state index contributed by atoms with van der Waals surface area (Å²) in [5.74, 6) is 0.638. The van der Waals surface area contributed by atoms with Crippen molar-refractivity contribution >= 4 is 0 Å². The number of nitriles is 1. The third-order valence-electron chi connectivity index (χ3n) is 3.25. The lowest BCUT2D eigenvalue weighted by molar-refractivity contribution is 0.151. The molecule has 1 aliphatic rings. The second kappa shape index (κ2) is 6.39. The van der Waals surface area contributed by atoms with Gasteiger partial charge in [-0.25, -0.2) is 5.01 Å². The van der Waals surface area contributed by atoms with Gasteiger partial charge in [-0.3, -0.25) is 5.43 Å². The van der Waals surface area contributed by atoms with Crippen LogP contribution in [0.3, 0.4) is 0 Å². The fourth-order valence-corrected chi connectivity index (χ4v) is 2.21. The van der Waals surface area contributed by atoms with Gasteiger partial charge in [0, 0.05) is 19.6 Å². The molecule has 96 valence electrons. The second-order valence-electron chi connectivity index (χ2n) is 4.53. The molecular weight excluding hydrogens is 226 g/mol. The fourth-order valence-electron chi connectivity index (χ4n) is 2.21. The van der Waals surface area contributed by atoms with E-state index in [-0.39, 0.29) is 0 Å². The largest absolute Gasteiger partial charge is 0.495 e. The van der Waals surface area contributed by atoms with Crippen molar-refractivity contribution in [1.82, 2.24) is 10.4 Å². The minimum atomic E-state index is 0.593. The Labute approximate surface area is 108 Å². The Balaban J connectivity index is 1.95. The third-order valence-corrected chi connectivity index (χ3v) is 3.25. The average Bonchev–Trinajstić information content (AvgIpc) is 2.45. The number of hydrazine groups is 1. The SMILES string of the molecule is COc1ccc(CNN2CCCCC2)cc1C#N. The maximum absolute atomic E-state index is 9.03. The Bertz CT molecular complexity index is 433. The zero-order valence-corrected chi connectivity index (χ0v) is 10.8. The Morgan fingerprint density at radius 2 is 2.11 bits per heavy atom. The molecule has 0 saturated carbocycles. The van der Waals surface area contributed by atoms with Gasteiger partial charge in [0.1, 0.15) is 11.8 Å². The normalized spacial score (nSPS) is 16.2. The van der Waals surface area contributed by atoms with Gasteiger partial charge in [-0.1, -0.05) is 12.5 Å². The summed E-state index contributed by atoms with van der Waals surface area (Å²) in [5, 5.41) is 11.3. The van der Waals surface area contributed by atoms with Crippen molar-refractivity contribution in [2.45, 2.75) is 25.8 Å². The summed E-state index contributed by atoms with van der Waals surface area (Å²) in [6.45, 7) is 2.99. The molecule has 1 saturated heterocycles. The molecule has 18 heavy (non-hydrogen) atoms. The van der Waals surface area contributed by atoms with Gasteiger partial charge in [0.15, 0.2) is 0 Å². The first kappa shape index (κ1) is 12.9. The highest BCUT2D eigenvalue weighted by atomic mass is 16.5. The lowest BCUT2D eigenvalue weighted by Crippen LogP contribution is -2.41. The quantitative estimate of drug-likeness (QED) is 0.882. The summed E-state index contributed by atoms with van der Waals surface area (Å²) in [6, 6.07) is 7.89. The van der Waals surface area contributed by atoms with Crippen LogP contribution < -0.4 is 10.2 Å². The smallest absolute Gasteiger partial charge is 0.136 e. The molecule has 1 aromatic carbocycles. The zero-order valence-electron chi connectivity index (χ0n) is 10.8. The number of hydrogen-bond acceptors (Lipinski definition) is 4. The van der Waals surface area contributed by atoms with Crippen LogP contribution in [0.15, 0.2) is 18.2 Å². The molecule has 4 nitrogen and oxygen atoms in total. The third kappa shape index (κ3) is 3.22.